The molecule has 2 heterocycles. The van der Waals surface area contributed by atoms with Gasteiger partial charge >= 0.3 is 6.03 Å². The van der Waals surface area contributed by atoms with E-state index in [9.17, 15) is 9.59 Å². The molecule has 1 saturated carbocycles. The molecule has 0 aromatic rings. The first-order valence-corrected chi connectivity index (χ1v) is 9.40. The van der Waals surface area contributed by atoms with Gasteiger partial charge in [-0.05, 0) is 25.7 Å². The van der Waals surface area contributed by atoms with Crippen LogP contribution in [-0.2, 0) is 9.53 Å². The Morgan fingerprint density at radius 1 is 0.958 bits per heavy atom. The van der Waals surface area contributed by atoms with Gasteiger partial charge in [0.15, 0.2) is 0 Å². The number of nitrogens with one attached hydrogen (secondary N) is 3. The van der Waals surface area contributed by atoms with Gasteiger partial charge in [0, 0.05) is 38.3 Å². The van der Waals surface area contributed by atoms with Crippen LogP contribution in [-0.4, -0.2) is 67.8 Å². The summed E-state index contributed by atoms with van der Waals surface area (Å²) in [6.45, 7) is 3.38. The molecule has 7 nitrogen and oxygen atoms in total. The Labute approximate surface area is 143 Å². The summed E-state index contributed by atoms with van der Waals surface area (Å²) in [5.74, 6) is 0.0762. The second kappa shape index (κ2) is 8.67. The Morgan fingerprint density at radius 2 is 1.62 bits per heavy atom. The molecule has 3 fully saturated rings. The minimum atomic E-state index is -0.349. The summed E-state index contributed by atoms with van der Waals surface area (Å²) >= 11 is 0. The molecule has 1 aliphatic carbocycles. The van der Waals surface area contributed by atoms with Gasteiger partial charge in [0.05, 0.1) is 6.61 Å². The Kier molecular flexibility index (Phi) is 6.31. The van der Waals surface area contributed by atoms with E-state index in [2.05, 4.69) is 16.0 Å². The van der Waals surface area contributed by atoms with Gasteiger partial charge in [0.2, 0.25) is 0 Å². The highest BCUT2D eigenvalue weighted by atomic mass is 16.5. The number of nitrogens with zero attached hydrogens (tertiary/aromatic N) is 1. The Hall–Kier alpha value is -1.34. The van der Waals surface area contributed by atoms with Gasteiger partial charge in [0.1, 0.15) is 6.10 Å². The zero-order valence-electron chi connectivity index (χ0n) is 14.4. The van der Waals surface area contributed by atoms with E-state index in [-0.39, 0.29) is 24.1 Å². The topological polar surface area (TPSA) is 82.7 Å². The molecule has 0 bridgehead atoms. The van der Waals surface area contributed by atoms with Crippen LogP contribution in [0.3, 0.4) is 0 Å². The van der Waals surface area contributed by atoms with Crippen molar-refractivity contribution < 1.29 is 14.3 Å². The van der Waals surface area contributed by atoms with Crippen LogP contribution in [0.1, 0.15) is 44.9 Å². The monoisotopic (exact) mass is 338 g/mol. The van der Waals surface area contributed by atoms with Crippen molar-refractivity contribution >= 4 is 11.9 Å². The van der Waals surface area contributed by atoms with E-state index in [1.54, 1.807) is 0 Å². The molecule has 2 saturated heterocycles. The lowest BCUT2D eigenvalue weighted by atomic mass is 9.96. The average Bonchev–Trinajstić information content (AvgIpc) is 2.63. The Balaban J connectivity index is 1.36. The molecule has 0 aromatic heterocycles. The predicted octanol–water partition coefficient (Wildman–Crippen LogP) is 0.598. The third-order valence-corrected chi connectivity index (χ3v) is 5.29. The van der Waals surface area contributed by atoms with Gasteiger partial charge in [0.25, 0.3) is 5.91 Å². The molecule has 3 amide bonds. The number of ether oxygens (including phenoxy) is 1. The lowest BCUT2D eigenvalue weighted by Crippen LogP contribution is -2.54. The zero-order chi connectivity index (χ0) is 16.8. The van der Waals surface area contributed by atoms with Gasteiger partial charge in [-0.2, -0.15) is 0 Å². The van der Waals surface area contributed by atoms with E-state index in [1.165, 1.54) is 19.3 Å². The zero-order valence-corrected chi connectivity index (χ0v) is 14.4. The lowest BCUT2D eigenvalue weighted by molar-refractivity contribution is -0.146. The van der Waals surface area contributed by atoms with Crippen molar-refractivity contribution in [3.8, 4) is 0 Å². The van der Waals surface area contributed by atoms with Gasteiger partial charge in [-0.15, -0.1) is 0 Å². The van der Waals surface area contributed by atoms with Crippen LogP contribution in [0.15, 0.2) is 0 Å². The SMILES string of the molecule is O=C(NC1CCCCC1)NC1CCN(C(=O)C2CNCCO2)CC1. The Bertz CT molecular complexity index is 426. The number of likely N-dealkylation sites (tertiary alicyclic amines) is 1. The molecule has 0 aromatic carbocycles. The fourth-order valence-corrected chi connectivity index (χ4v) is 3.83. The van der Waals surface area contributed by atoms with Crippen molar-refractivity contribution in [2.45, 2.75) is 63.1 Å². The standard InChI is InChI=1S/C17H30N4O3/c22-16(15-12-18-8-11-24-15)21-9-6-14(7-10-21)20-17(23)19-13-4-2-1-3-5-13/h13-15,18H,1-12H2,(H2,19,20,23). The summed E-state index contributed by atoms with van der Waals surface area (Å²) in [6.07, 6.45) is 7.16. The molecule has 3 N–H and O–H groups in total. The Morgan fingerprint density at radius 3 is 2.25 bits per heavy atom. The third-order valence-electron chi connectivity index (χ3n) is 5.29. The third kappa shape index (κ3) is 4.83. The molecule has 0 spiro atoms. The quantitative estimate of drug-likeness (QED) is 0.704. The number of amides is 3. The molecular formula is C17H30N4O3. The number of rotatable bonds is 3. The highest BCUT2D eigenvalue weighted by Crippen LogP contribution is 2.17. The summed E-state index contributed by atoms with van der Waals surface area (Å²) in [6, 6.07) is 0.436. The number of carbonyl (C=O) groups excluding carboxylic acids is 2. The fraction of sp³-hybridized carbons (Fsp3) is 0.882. The maximum Gasteiger partial charge on any atom is 0.315 e. The van der Waals surface area contributed by atoms with Crippen molar-refractivity contribution in [2.24, 2.45) is 0 Å². The second-order valence-electron chi connectivity index (χ2n) is 7.12. The second-order valence-corrected chi connectivity index (χ2v) is 7.12. The molecule has 0 radical (unpaired) electrons. The number of urea groups is 1. The first kappa shape index (κ1) is 17.5. The highest BCUT2D eigenvalue weighted by Gasteiger charge is 2.30. The van der Waals surface area contributed by atoms with Crippen molar-refractivity contribution in [1.29, 1.82) is 0 Å². The number of carbonyl (C=O) groups is 2. The molecule has 24 heavy (non-hydrogen) atoms. The number of hydrogen-bond donors (Lipinski definition) is 3. The van der Waals surface area contributed by atoms with Crippen LogP contribution in [0.5, 0.6) is 0 Å². The highest BCUT2D eigenvalue weighted by molar-refractivity contribution is 5.81. The first-order chi connectivity index (χ1) is 11.7. The van der Waals surface area contributed by atoms with Crippen molar-refractivity contribution in [1.82, 2.24) is 20.9 Å². The van der Waals surface area contributed by atoms with Gasteiger partial charge in [-0.3, -0.25) is 4.79 Å². The molecule has 2 aliphatic heterocycles. The van der Waals surface area contributed by atoms with Crippen LogP contribution in [0.4, 0.5) is 4.79 Å². The van der Waals surface area contributed by atoms with Crippen molar-refractivity contribution in [3.63, 3.8) is 0 Å². The molecule has 7 heteroatoms. The fourth-order valence-electron chi connectivity index (χ4n) is 3.83. The smallest absolute Gasteiger partial charge is 0.315 e. The minimum Gasteiger partial charge on any atom is -0.366 e. The van der Waals surface area contributed by atoms with Crippen molar-refractivity contribution in [2.75, 3.05) is 32.8 Å². The summed E-state index contributed by atoms with van der Waals surface area (Å²) in [7, 11) is 0. The van der Waals surface area contributed by atoms with Crippen molar-refractivity contribution in [3.05, 3.63) is 0 Å². The molecule has 3 rings (SSSR count). The first-order valence-electron chi connectivity index (χ1n) is 9.40. The van der Waals surface area contributed by atoms with E-state index >= 15 is 0 Å². The van der Waals surface area contributed by atoms with Crippen LogP contribution in [0.25, 0.3) is 0 Å². The number of piperidine rings is 1. The van der Waals surface area contributed by atoms with E-state index in [4.69, 9.17) is 4.74 Å². The summed E-state index contributed by atoms with van der Waals surface area (Å²) in [4.78, 5) is 26.4. The number of hydrogen-bond acceptors (Lipinski definition) is 4. The molecule has 1 unspecified atom stereocenters. The maximum atomic E-state index is 12.4. The van der Waals surface area contributed by atoms with Crippen LogP contribution < -0.4 is 16.0 Å². The molecule has 1 atom stereocenters. The van der Waals surface area contributed by atoms with Gasteiger partial charge < -0.3 is 25.6 Å². The van der Waals surface area contributed by atoms with Gasteiger partial charge in [-0.25, -0.2) is 4.79 Å². The van der Waals surface area contributed by atoms with E-state index in [0.717, 1.165) is 32.2 Å². The predicted molar refractivity (Wildman–Crippen MR) is 90.8 cm³/mol. The average molecular weight is 338 g/mol. The van der Waals surface area contributed by atoms with Gasteiger partial charge in [-0.1, -0.05) is 19.3 Å². The minimum absolute atomic E-state index is 0.0495. The molecular weight excluding hydrogens is 308 g/mol. The molecule has 3 aliphatic rings. The van der Waals surface area contributed by atoms with Crippen LogP contribution in [0, 0.1) is 0 Å². The maximum absolute atomic E-state index is 12.4. The summed E-state index contributed by atoms with van der Waals surface area (Å²) in [5, 5.41) is 9.36. The number of morpholine rings is 1. The van der Waals surface area contributed by atoms with E-state index in [1.807, 2.05) is 4.90 Å². The summed E-state index contributed by atoms with van der Waals surface area (Å²) in [5.41, 5.74) is 0. The van der Waals surface area contributed by atoms with E-state index < -0.39 is 0 Å². The van der Waals surface area contributed by atoms with Crippen LogP contribution in [0.2, 0.25) is 0 Å². The normalized spacial score (nSPS) is 26.8. The summed E-state index contributed by atoms with van der Waals surface area (Å²) < 4.78 is 5.54. The molecule has 136 valence electrons. The van der Waals surface area contributed by atoms with Crippen LogP contribution >= 0.6 is 0 Å². The largest absolute Gasteiger partial charge is 0.366 e. The lowest BCUT2D eigenvalue weighted by Gasteiger charge is -2.35. The van der Waals surface area contributed by atoms with E-state index in [0.29, 0.717) is 32.3 Å².